The Morgan fingerprint density at radius 2 is 0.886 bits per heavy atom. The van der Waals surface area contributed by atoms with Gasteiger partial charge in [0.1, 0.15) is 13.2 Å². The van der Waals surface area contributed by atoms with Crippen LogP contribution in [0.4, 0.5) is 0 Å². The molecule has 0 fully saturated rings. The zero-order chi connectivity index (χ0) is 51.3. The number of rotatable bonds is 48. The number of carbonyl (C=O) groups is 1. The summed E-state index contributed by atoms with van der Waals surface area (Å²) in [5, 5.41) is 13.8. The number of aliphatic hydroxyl groups excluding tert-OH is 1. The van der Waals surface area contributed by atoms with Crippen molar-refractivity contribution >= 4 is 13.7 Å². The third kappa shape index (κ3) is 52.5. The molecule has 0 aromatic heterocycles. The van der Waals surface area contributed by atoms with E-state index in [9.17, 15) is 19.4 Å². The Kier molecular flexibility index (Phi) is 48.1. The molecule has 8 nitrogen and oxygen atoms in total. The first-order chi connectivity index (χ1) is 34.0. The average Bonchev–Trinajstić information content (AvgIpc) is 3.32. The SMILES string of the molecule is CC/C=C\C/C=C\C/C=C\C/C=C\C/C=C\C/C=C\C/C=C\C/C=C\CCCCCCCCC(=O)NC(COP(=O)([O-])OCC[N+](C)(C)C)C(O)/C=C/CC/C=C/CC/C=C/CCCCCCCCC. The lowest BCUT2D eigenvalue weighted by atomic mass is 10.1. The van der Waals surface area contributed by atoms with E-state index in [0.717, 1.165) is 122 Å². The van der Waals surface area contributed by atoms with E-state index in [2.05, 4.69) is 141 Å². The first-order valence-electron chi connectivity index (χ1n) is 27.5. The molecular weight excluding hydrogens is 888 g/mol. The van der Waals surface area contributed by atoms with E-state index in [0.29, 0.717) is 17.4 Å². The predicted molar refractivity (Wildman–Crippen MR) is 302 cm³/mol. The van der Waals surface area contributed by atoms with Crippen molar-refractivity contribution in [2.75, 3.05) is 40.9 Å². The largest absolute Gasteiger partial charge is 0.756 e. The molecule has 3 unspecified atom stereocenters. The van der Waals surface area contributed by atoms with Crippen LogP contribution in [0.1, 0.15) is 194 Å². The van der Waals surface area contributed by atoms with Crippen molar-refractivity contribution in [2.24, 2.45) is 0 Å². The van der Waals surface area contributed by atoms with Gasteiger partial charge in [-0.1, -0.05) is 212 Å². The Labute approximate surface area is 430 Å². The lowest BCUT2D eigenvalue weighted by Gasteiger charge is -2.29. The number of nitrogens with one attached hydrogen (secondary N) is 1. The van der Waals surface area contributed by atoms with Gasteiger partial charge in [0.2, 0.25) is 5.91 Å². The number of hydrogen-bond donors (Lipinski definition) is 2. The highest BCUT2D eigenvalue weighted by Crippen LogP contribution is 2.38. The summed E-state index contributed by atoms with van der Waals surface area (Å²) in [6.45, 7) is 4.46. The second-order valence-corrected chi connectivity index (χ2v) is 20.6. The summed E-state index contributed by atoms with van der Waals surface area (Å²) in [5.41, 5.74) is 0. The lowest BCUT2D eigenvalue weighted by molar-refractivity contribution is -0.870. The number of phosphoric acid groups is 1. The van der Waals surface area contributed by atoms with E-state index in [1.165, 1.54) is 51.4 Å². The molecule has 0 aromatic rings. The summed E-state index contributed by atoms with van der Waals surface area (Å²) in [4.78, 5) is 25.5. The van der Waals surface area contributed by atoms with Crippen molar-refractivity contribution in [1.82, 2.24) is 5.32 Å². The first kappa shape index (κ1) is 66.6. The summed E-state index contributed by atoms with van der Waals surface area (Å²) in [6.07, 6.45) is 76.6. The van der Waals surface area contributed by atoms with E-state index in [1.54, 1.807) is 6.08 Å². The van der Waals surface area contributed by atoms with Crippen LogP contribution in [0.15, 0.2) is 134 Å². The molecule has 0 radical (unpaired) electrons. The maximum Gasteiger partial charge on any atom is 0.268 e. The molecule has 0 saturated carbocycles. The molecular formula is C61H103N2O6P. The van der Waals surface area contributed by atoms with Crippen molar-refractivity contribution < 1.29 is 32.9 Å². The van der Waals surface area contributed by atoms with Crippen molar-refractivity contribution in [3.8, 4) is 0 Å². The maximum atomic E-state index is 12.9. The second-order valence-electron chi connectivity index (χ2n) is 19.2. The smallest absolute Gasteiger partial charge is 0.268 e. The molecule has 0 rings (SSSR count). The highest BCUT2D eigenvalue weighted by atomic mass is 31.2. The van der Waals surface area contributed by atoms with Gasteiger partial charge in [0.05, 0.1) is 39.9 Å². The van der Waals surface area contributed by atoms with Crippen LogP contribution < -0.4 is 10.2 Å². The molecule has 0 spiro atoms. The van der Waals surface area contributed by atoms with Crippen LogP contribution in [0.5, 0.6) is 0 Å². The molecule has 0 aliphatic carbocycles. The Morgan fingerprint density at radius 3 is 1.33 bits per heavy atom. The number of aliphatic hydroxyl groups is 1. The van der Waals surface area contributed by atoms with Gasteiger partial charge in [-0.15, -0.1) is 0 Å². The molecule has 0 aromatic carbocycles. The van der Waals surface area contributed by atoms with Crippen LogP contribution >= 0.6 is 7.82 Å². The summed E-state index contributed by atoms with van der Waals surface area (Å²) >= 11 is 0. The van der Waals surface area contributed by atoms with E-state index < -0.39 is 26.6 Å². The van der Waals surface area contributed by atoms with E-state index in [1.807, 2.05) is 27.2 Å². The number of allylic oxidation sites excluding steroid dienone is 21. The maximum absolute atomic E-state index is 12.9. The van der Waals surface area contributed by atoms with E-state index in [-0.39, 0.29) is 12.5 Å². The fourth-order valence-corrected chi connectivity index (χ4v) is 7.74. The number of nitrogens with zero attached hydrogens (tertiary/aromatic N) is 1. The van der Waals surface area contributed by atoms with Gasteiger partial charge < -0.3 is 28.8 Å². The van der Waals surface area contributed by atoms with E-state index in [4.69, 9.17) is 9.05 Å². The summed E-state index contributed by atoms with van der Waals surface area (Å²) in [7, 11) is 1.20. The topological polar surface area (TPSA) is 108 Å². The fourth-order valence-electron chi connectivity index (χ4n) is 7.02. The third-order valence-electron chi connectivity index (χ3n) is 11.3. The monoisotopic (exact) mass is 991 g/mol. The van der Waals surface area contributed by atoms with Gasteiger partial charge in [0, 0.05) is 6.42 Å². The van der Waals surface area contributed by atoms with Crippen LogP contribution in [0.25, 0.3) is 0 Å². The molecule has 398 valence electrons. The number of amides is 1. The highest BCUT2D eigenvalue weighted by Gasteiger charge is 2.23. The van der Waals surface area contributed by atoms with Gasteiger partial charge in [-0.2, -0.15) is 0 Å². The zero-order valence-electron chi connectivity index (χ0n) is 45.2. The molecule has 0 bridgehead atoms. The molecule has 0 heterocycles. The molecule has 70 heavy (non-hydrogen) atoms. The van der Waals surface area contributed by atoms with Crippen LogP contribution in [0.2, 0.25) is 0 Å². The van der Waals surface area contributed by atoms with Crippen molar-refractivity contribution in [1.29, 1.82) is 0 Å². The second kappa shape index (κ2) is 50.6. The molecule has 3 atom stereocenters. The van der Waals surface area contributed by atoms with Crippen LogP contribution in [0, 0.1) is 0 Å². The highest BCUT2D eigenvalue weighted by molar-refractivity contribution is 7.45. The van der Waals surface area contributed by atoms with Crippen molar-refractivity contribution in [2.45, 2.75) is 206 Å². The lowest BCUT2D eigenvalue weighted by Crippen LogP contribution is -2.45. The minimum Gasteiger partial charge on any atom is -0.756 e. The van der Waals surface area contributed by atoms with Gasteiger partial charge >= 0.3 is 0 Å². The molecule has 0 aliphatic heterocycles. The first-order valence-corrected chi connectivity index (χ1v) is 29.0. The standard InChI is InChI=1S/C61H103N2O6P/c1-6-8-10-12-14-16-18-20-22-24-25-26-27-28-29-30-31-32-33-34-35-36-37-39-41-43-45-47-49-51-53-55-61(65)62-59(58-69-70(66,67)68-57-56-63(3,4)5)60(64)54-52-50-48-46-44-42-40-38-23-21-19-17-15-13-11-9-7-2/h8,10,14,16,20,22-23,25-26,28-29,31-32,34-35,37-39,44,46,52,54,59-60,64H,6-7,9,11-13,15,17-19,21,24,27,30,33,36,40-43,45,47-51,53,55-58H2,1-5H3,(H-,62,65,66,67)/b10-8-,16-14-,22-20-,26-25-,29-28-,32-31-,35-34-,38-23+,39-37-,46-44+,54-52+. The number of likely N-dealkylation sites (N-methyl/N-ethyl adjacent to an activating group) is 1. The molecule has 9 heteroatoms. The normalized spacial score (nSPS) is 15.0. The Hall–Kier alpha value is -3.36. The average molecular weight is 991 g/mol. The van der Waals surface area contributed by atoms with Gasteiger partial charge in [-0.05, 0) is 109 Å². The van der Waals surface area contributed by atoms with Gasteiger partial charge in [0.15, 0.2) is 0 Å². The fraction of sp³-hybridized carbons (Fsp3) is 0.623. The third-order valence-corrected chi connectivity index (χ3v) is 12.3. The zero-order valence-corrected chi connectivity index (χ0v) is 46.1. The Bertz CT molecular complexity index is 1590. The molecule has 2 N–H and O–H groups in total. The molecule has 0 aliphatic rings. The number of quaternary nitrogens is 1. The van der Waals surface area contributed by atoms with Crippen LogP contribution in [0.3, 0.4) is 0 Å². The van der Waals surface area contributed by atoms with Crippen molar-refractivity contribution in [3.63, 3.8) is 0 Å². The summed E-state index contributed by atoms with van der Waals surface area (Å²) < 4.78 is 23.3. The van der Waals surface area contributed by atoms with Gasteiger partial charge in [0.25, 0.3) is 7.82 Å². The Morgan fingerprint density at radius 1 is 0.514 bits per heavy atom. The molecule has 0 saturated heterocycles. The minimum absolute atomic E-state index is 0.0199. The van der Waals surface area contributed by atoms with Crippen LogP contribution in [-0.4, -0.2) is 68.5 Å². The number of phosphoric ester groups is 1. The molecule has 1 amide bonds. The van der Waals surface area contributed by atoms with Crippen LogP contribution in [-0.2, 0) is 18.4 Å². The Balaban J connectivity index is 4.35. The predicted octanol–water partition coefficient (Wildman–Crippen LogP) is 16.1. The summed E-state index contributed by atoms with van der Waals surface area (Å²) in [6, 6.07) is -0.928. The number of hydrogen-bond acceptors (Lipinski definition) is 6. The summed E-state index contributed by atoms with van der Waals surface area (Å²) in [5.74, 6) is -0.233. The quantitative estimate of drug-likeness (QED) is 0.0272. The van der Waals surface area contributed by atoms with Gasteiger partial charge in [-0.3, -0.25) is 9.36 Å². The van der Waals surface area contributed by atoms with Gasteiger partial charge in [-0.25, -0.2) is 0 Å². The van der Waals surface area contributed by atoms with E-state index >= 15 is 0 Å². The number of carbonyl (C=O) groups excluding carboxylic acids is 1. The van der Waals surface area contributed by atoms with Crippen molar-refractivity contribution in [3.05, 3.63) is 134 Å². The minimum atomic E-state index is -4.62. The number of unbranched alkanes of at least 4 members (excludes halogenated alkanes) is 15.